The van der Waals surface area contributed by atoms with E-state index >= 15 is 0 Å². The second-order valence-electron chi connectivity index (χ2n) is 4.42. The number of aromatic nitrogens is 1. The molecule has 1 aromatic rings. The topological polar surface area (TPSA) is 71.5 Å². The molecule has 0 amide bonds. The molecular weight excluding hydrogens is 266 g/mol. The second-order valence-corrected chi connectivity index (χ2v) is 6.39. The average Bonchev–Trinajstić information content (AvgIpc) is 2.92. The first-order valence-corrected chi connectivity index (χ1v) is 7.76. The number of pyridine rings is 1. The highest BCUT2D eigenvalue weighted by molar-refractivity contribution is 7.89. The Labute approximate surface area is 113 Å². The van der Waals surface area contributed by atoms with Crippen LogP contribution in [0.25, 0.3) is 0 Å². The smallest absolute Gasteiger partial charge is 0.246 e. The Morgan fingerprint density at radius 1 is 1.58 bits per heavy atom. The minimum absolute atomic E-state index is 0.0975. The van der Waals surface area contributed by atoms with Crippen LogP contribution in [0.3, 0.4) is 0 Å². The molecule has 19 heavy (non-hydrogen) atoms. The van der Waals surface area contributed by atoms with Gasteiger partial charge in [-0.05, 0) is 25.5 Å². The van der Waals surface area contributed by atoms with E-state index in [-0.39, 0.29) is 10.9 Å². The van der Waals surface area contributed by atoms with Gasteiger partial charge in [0, 0.05) is 26.4 Å². The fourth-order valence-corrected chi connectivity index (χ4v) is 3.55. The molecule has 0 saturated carbocycles. The molecule has 0 aromatic carbocycles. The number of sulfonamides is 1. The lowest BCUT2D eigenvalue weighted by Crippen LogP contribution is -2.37. The summed E-state index contributed by atoms with van der Waals surface area (Å²) in [5.74, 6) is 0.399. The van der Waals surface area contributed by atoms with Crippen molar-refractivity contribution in [3.05, 3.63) is 18.3 Å². The van der Waals surface area contributed by atoms with Crippen molar-refractivity contribution in [1.29, 1.82) is 0 Å². The van der Waals surface area contributed by atoms with Crippen molar-refractivity contribution in [3.63, 3.8) is 0 Å². The summed E-state index contributed by atoms with van der Waals surface area (Å²) in [4.78, 5) is 4.31. The fraction of sp³-hybridized carbons (Fsp3) is 0.583. The fourth-order valence-electron chi connectivity index (χ4n) is 2.06. The van der Waals surface area contributed by atoms with Gasteiger partial charge < -0.3 is 10.1 Å². The predicted octanol–water partition coefficient (Wildman–Crippen LogP) is 0.923. The molecule has 1 atom stereocenters. The summed E-state index contributed by atoms with van der Waals surface area (Å²) in [5, 5.41) is 2.98. The summed E-state index contributed by atoms with van der Waals surface area (Å²) < 4.78 is 31.8. The van der Waals surface area contributed by atoms with Crippen LogP contribution in [0.15, 0.2) is 23.2 Å². The van der Waals surface area contributed by atoms with Gasteiger partial charge in [0.05, 0.1) is 12.6 Å². The van der Waals surface area contributed by atoms with E-state index in [1.54, 1.807) is 25.4 Å². The summed E-state index contributed by atoms with van der Waals surface area (Å²) in [5.41, 5.74) is 0. The monoisotopic (exact) mass is 285 g/mol. The van der Waals surface area contributed by atoms with Crippen LogP contribution >= 0.6 is 0 Å². The molecule has 0 radical (unpaired) electrons. The Morgan fingerprint density at radius 2 is 2.37 bits per heavy atom. The molecule has 1 saturated heterocycles. The first-order valence-electron chi connectivity index (χ1n) is 6.32. The van der Waals surface area contributed by atoms with Crippen LogP contribution in [0, 0.1) is 0 Å². The number of nitrogens with zero attached hydrogens (tertiary/aromatic N) is 2. The molecule has 0 bridgehead atoms. The third-order valence-corrected chi connectivity index (χ3v) is 5.13. The van der Waals surface area contributed by atoms with Crippen LogP contribution in [-0.4, -0.2) is 50.6 Å². The summed E-state index contributed by atoms with van der Waals surface area (Å²) in [6.45, 7) is 3.58. The Balaban J connectivity index is 2.33. The van der Waals surface area contributed by atoms with E-state index in [9.17, 15) is 8.42 Å². The summed E-state index contributed by atoms with van der Waals surface area (Å²) in [6, 6.07) is 3.11. The zero-order valence-corrected chi connectivity index (χ0v) is 12.0. The SMILES string of the molecule is CCNc1ncccc1S(=O)(=O)N(C)C1CCOC1. The van der Waals surface area contributed by atoms with Crippen molar-refractivity contribution < 1.29 is 13.2 Å². The van der Waals surface area contributed by atoms with Crippen molar-refractivity contribution in [1.82, 2.24) is 9.29 Å². The van der Waals surface area contributed by atoms with Gasteiger partial charge in [0.1, 0.15) is 10.7 Å². The van der Waals surface area contributed by atoms with Crippen molar-refractivity contribution >= 4 is 15.8 Å². The molecule has 1 aliphatic heterocycles. The molecule has 1 unspecified atom stereocenters. The molecule has 2 heterocycles. The van der Waals surface area contributed by atoms with Crippen molar-refractivity contribution in [3.8, 4) is 0 Å². The van der Waals surface area contributed by atoms with E-state index in [1.165, 1.54) is 4.31 Å². The molecule has 106 valence electrons. The maximum absolute atomic E-state index is 12.6. The molecule has 2 rings (SSSR count). The van der Waals surface area contributed by atoms with Gasteiger partial charge in [0.15, 0.2) is 0 Å². The van der Waals surface area contributed by atoms with Crippen LogP contribution in [0.4, 0.5) is 5.82 Å². The number of rotatable bonds is 5. The summed E-state index contributed by atoms with van der Waals surface area (Å²) in [7, 11) is -1.95. The highest BCUT2D eigenvalue weighted by atomic mass is 32.2. The molecule has 1 aliphatic rings. The number of likely N-dealkylation sites (N-methyl/N-ethyl adjacent to an activating group) is 1. The Morgan fingerprint density at radius 3 is 3.00 bits per heavy atom. The van der Waals surface area contributed by atoms with E-state index in [0.717, 1.165) is 6.42 Å². The van der Waals surface area contributed by atoms with E-state index < -0.39 is 10.0 Å². The minimum Gasteiger partial charge on any atom is -0.380 e. The van der Waals surface area contributed by atoms with Crippen LogP contribution in [0.2, 0.25) is 0 Å². The van der Waals surface area contributed by atoms with Gasteiger partial charge in [-0.25, -0.2) is 13.4 Å². The number of ether oxygens (including phenoxy) is 1. The number of nitrogens with one attached hydrogen (secondary N) is 1. The lowest BCUT2D eigenvalue weighted by molar-refractivity contribution is 0.181. The zero-order valence-electron chi connectivity index (χ0n) is 11.2. The zero-order chi connectivity index (χ0) is 13.9. The van der Waals surface area contributed by atoms with E-state index in [2.05, 4.69) is 10.3 Å². The van der Waals surface area contributed by atoms with E-state index in [0.29, 0.717) is 25.6 Å². The standard InChI is InChI=1S/C12H19N3O3S/c1-3-13-12-11(5-4-7-14-12)19(16,17)15(2)10-6-8-18-9-10/h4-5,7,10H,3,6,8-9H2,1-2H3,(H,13,14). The maximum atomic E-state index is 12.6. The molecule has 1 fully saturated rings. The van der Waals surface area contributed by atoms with Crippen LogP contribution in [-0.2, 0) is 14.8 Å². The van der Waals surface area contributed by atoms with Crippen molar-refractivity contribution in [2.45, 2.75) is 24.3 Å². The number of anilines is 1. The Bertz CT molecular complexity index is 527. The number of hydrogen-bond donors (Lipinski definition) is 1. The van der Waals surface area contributed by atoms with Gasteiger partial charge in [0.25, 0.3) is 0 Å². The Kier molecular flexibility index (Phi) is 4.38. The summed E-state index contributed by atoms with van der Waals surface area (Å²) in [6.07, 6.45) is 2.31. The van der Waals surface area contributed by atoms with Gasteiger partial charge in [0.2, 0.25) is 10.0 Å². The number of hydrogen-bond acceptors (Lipinski definition) is 5. The van der Waals surface area contributed by atoms with E-state index in [4.69, 9.17) is 4.74 Å². The van der Waals surface area contributed by atoms with Crippen molar-refractivity contribution in [2.75, 3.05) is 32.1 Å². The molecule has 6 nitrogen and oxygen atoms in total. The molecule has 1 N–H and O–H groups in total. The lowest BCUT2D eigenvalue weighted by Gasteiger charge is -2.23. The predicted molar refractivity (Wildman–Crippen MR) is 72.6 cm³/mol. The first kappa shape index (κ1) is 14.2. The first-order chi connectivity index (χ1) is 9.07. The molecule has 0 spiro atoms. The van der Waals surface area contributed by atoms with Crippen LogP contribution < -0.4 is 5.32 Å². The Hall–Kier alpha value is -1.18. The van der Waals surface area contributed by atoms with Gasteiger partial charge in [-0.3, -0.25) is 0 Å². The van der Waals surface area contributed by atoms with Gasteiger partial charge in [-0.1, -0.05) is 0 Å². The van der Waals surface area contributed by atoms with Gasteiger partial charge in [-0.2, -0.15) is 4.31 Å². The van der Waals surface area contributed by atoms with Crippen molar-refractivity contribution in [2.24, 2.45) is 0 Å². The van der Waals surface area contributed by atoms with Gasteiger partial charge >= 0.3 is 0 Å². The quantitative estimate of drug-likeness (QED) is 0.871. The van der Waals surface area contributed by atoms with Gasteiger partial charge in [-0.15, -0.1) is 0 Å². The molecule has 0 aliphatic carbocycles. The normalized spacial score (nSPS) is 19.8. The molecule has 7 heteroatoms. The van der Waals surface area contributed by atoms with E-state index in [1.807, 2.05) is 6.92 Å². The average molecular weight is 285 g/mol. The molecular formula is C12H19N3O3S. The molecule has 1 aromatic heterocycles. The highest BCUT2D eigenvalue weighted by Gasteiger charge is 2.32. The van der Waals surface area contributed by atoms with Crippen LogP contribution in [0.5, 0.6) is 0 Å². The minimum atomic E-state index is -3.55. The maximum Gasteiger partial charge on any atom is 0.246 e. The lowest BCUT2D eigenvalue weighted by atomic mass is 10.3. The second kappa shape index (κ2) is 5.85. The largest absolute Gasteiger partial charge is 0.380 e. The highest BCUT2D eigenvalue weighted by Crippen LogP contribution is 2.25. The summed E-state index contributed by atoms with van der Waals surface area (Å²) >= 11 is 0. The third-order valence-electron chi connectivity index (χ3n) is 3.19. The van der Waals surface area contributed by atoms with Crippen LogP contribution in [0.1, 0.15) is 13.3 Å². The third kappa shape index (κ3) is 2.88.